The zero-order valence-electron chi connectivity index (χ0n) is 11.8. The van der Waals surface area contributed by atoms with Crippen LogP contribution in [-0.2, 0) is 0 Å². The highest BCUT2D eigenvalue weighted by atomic mass is 19.1. The van der Waals surface area contributed by atoms with Crippen molar-refractivity contribution >= 4 is 5.91 Å². The van der Waals surface area contributed by atoms with Crippen LogP contribution < -0.4 is 0 Å². The SMILES string of the molecule is CC1(C)CN(C(=O)c2ncc(F)cc2F)CC[C@]1(C)O. The Bertz CT molecular complexity index is 544. The highest BCUT2D eigenvalue weighted by molar-refractivity contribution is 5.92. The largest absolute Gasteiger partial charge is 0.389 e. The minimum Gasteiger partial charge on any atom is -0.389 e. The van der Waals surface area contributed by atoms with E-state index in [2.05, 4.69) is 4.98 Å². The van der Waals surface area contributed by atoms with Gasteiger partial charge in [-0.25, -0.2) is 13.8 Å². The van der Waals surface area contributed by atoms with E-state index >= 15 is 0 Å². The van der Waals surface area contributed by atoms with E-state index in [1.807, 2.05) is 13.8 Å². The van der Waals surface area contributed by atoms with Crippen LogP contribution in [0, 0.1) is 17.0 Å². The molecule has 1 aromatic heterocycles. The molecule has 0 bridgehead atoms. The van der Waals surface area contributed by atoms with Crippen molar-refractivity contribution in [3.05, 3.63) is 29.6 Å². The van der Waals surface area contributed by atoms with Crippen molar-refractivity contribution in [1.29, 1.82) is 0 Å². The van der Waals surface area contributed by atoms with E-state index in [4.69, 9.17) is 0 Å². The number of carbonyl (C=O) groups is 1. The third-order valence-corrected chi connectivity index (χ3v) is 4.21. The molecule has 1 aliphatic heterocycles. The maximum atomic E-state index is 13.6. The first-order chi connectivity index (χ1) is 9.14. The third kappa shape index (κ3) is 2.52. The molecule has 1 aliphatic rings. The fourth-order valence-corrected chi connectivity index (χ4v) is 2.31. The lowest BCUT2D eigenvalue weighted by atomic mass is 9.71. The number of pyridine rings is 1. The van der Waals surface area contributed by atoms with Gasteiger partial charge in [-0.05, 0) is 13.3 Å². The van der Waals surface area contributed by atoms with Crippen LogP contribution in [0.3, 0.4) is 0 Å². The predicted octanol–water partition coefficient (Wildman–Crippen LogP) is 1.98. The van der Waals surface area contributed by atoms with Crippen molar-refractivity contribution in [1.82, 2.24) is 9.88 Å². The quantitative estimate of drug-likeness (QED) is 0.858. The molecule has 2 rings (SSSR count). The maximum absolute atomic E-state index is 13.6. The maximum Gasteiger partial charge on any atom is 0.275 e. The molecule has 1 saturated heterocycles. The molecule has 0 saturated carbocycles. The Labute approximate surface area is 116 Å². The van der Waals surface area contributed by atoms with Gasteiger partial charge in [-0.15, -0.1) is 0 Å². The van der Waals surface area contributed by atoms with Gasteiger partial charge in [0.1, 0.15) is 5.82 Å². The van der Waals surface area contributed by atoms with Crippen molar-refractivity contribution in [2.45, 2.75) is 32.8 Å². The van der Waals surface area contributed by atoms with Crippen LogP contribution in [0.5, 0.6) is 0 Å². The first-order valence-corrected chi connectivity index (χ1v) is 6.47. The van der Waals surface area contributed by atoms with Crippen LogP contribution in [0.1, 0.15) is 37.7 Å². The third-order valence-electron chi connectivity index (χ3n) is 4.21. The van der Waals surface area contributed by atoms with Crippen molar-refractivity contribution in [2.24, 2.45) is 5.41 Å². The molecule has 0 spiro atoms. The molecule has 20 heavy (non-hydrogen) atoms. The summed E-state index contributed by atoms with van der Waals surface area (Å²) in [7, 11) is 0. The standard InChI is InChI=1S/C14H18F2N2O2/c1-13(2)8-18(5-4-14(13,3)20)12(19)11-10(16)6-9(15)7-17-11/h6-7,20H,4-5,8H2,1-3H3/t14-/m0/s1. The van der Waals surface area contributed by atoms with Gasteiger partial charge in [0.25, 0.3) is 5.91 Å². The molecule has 1 atom stereocenters. The zero-order valence-corrected chi connectivity index (χ0v) is 11.8. The first kappa shape index (κ1) is 14.8. The van der Waals surface area contributed by atoms with Crippen LogP contribution in [0.2, 0.25) is 0 Å². The summed E-state index contributed by atoms with van der Waals surface area (Å²) >= 11 is 0. The number of carbonyl (C=O) groups excluding carboxylic acids is 1. The summed E-state index contributed by atoms with van der Waals surface area (Å²) in [6.07, 6.45) is 1.22. The summed E-state index contributed by atoms with van der Waals surface area (Å²) in [6, 6.07) is 0.644. The molecule has 0 aromatic carbocycles. The van der Waals surface area contributed by atoms with E-state index in [9.17, 15) is 18.7 Å². The van der Waals surface area contributed by atoms with Gasteiger partial charge in [0, 0.05) is 24.6 Å². The molecule has 2 heterocycles. The number of amides is 1. The molecule has 0 aliphatic carbocycles. The predicted molar refractivity (Wildman–Crippen MR) is 69.1 cm³/mol. The summed E-state index contributed by atoms with van der Waals surface area (Å²) in [5.74, 6) is -2.36. The lowest BCUT2D eigenvalue weighted by Crippen LogP contribution is -2.57. The number of likely N-dealkylation sites (tertiary alicyclic amines) is 1. The van der Waals surface area contributed by atoms with E-state index < -0.39 is 28.6 Å². The van der Waals surface area contributed by atoms with Gasteiger partial charge in [-0.2, -0.15) is 0 Å². The normalized spacial score (nSPS) is 25.6. The Morgan fingerprint density at radius 3 is 2.60 bits per heavy atom. The van der Waals surface area contributed by atoms with Gasteiger partial charge >= 0.3 is 0 Å². The van der Waals surface area contributed by atoms with Gasteiger partial charge in [-0.3, -0.25) is 4.79 Å². The molecule has 1 fully saturated rings. The van der Waals surface area contributed by atoms with Crippen LogP contribution >= 0.6 is 0 Å². The summed E-state index contributed by atoms with van der Waals surface area (Å²) in [5.41, 5.74) is -1.79. The molecular weight excluding hydrogens is 266 g/mol. The van der Waals surface area contributed by atoms with Crippen LogP contribution in [0.4, 0.5) is 8.78 Å². The molecule has 4 nitrogen and oxygen atoms in total. The Hall–Kier alpha value is -1.56. The number of rotatable bonds is 1. The molecule has 110 valence electrons. The minimum atomic E-state index is -0.967. The average Bonchev–Trinajstić information content (AvgIpc) is 2.32. The average molecular weight is 284 g/mol. The minimum absolute atomic E-state index is 0.289. The summed E-state index contributed by atoms with van der Waals surface area (Å²) < 4.78 is 26.4. The second-order valence-electron chi connectivity index (χ2n) is 6.12. The first-order valence-electron chi connectivity index (χ1n) is 6.47. The van der Waals surface area contributed by atoms with Crippen LogP contribution in [-0.4, -0.2) is 39.6 Å². The van der Waals surface area contributed by atoms with Gasteiger partial charge in [0.15, 0.2) is 11.5 Å². The van der Waals surface area contributed by atoms with Crippen LogP contribution in [0.25, 0.3) is 0 Å². The van der Waals surface area contributed by atoms with Gasteiger partial charge in [0.05, 0.1) is 11.8 Å². The van der Waals surface area contributed by atoms with E-state index in [1.165, 1.54) is 4.90 Å². The summed E-state index contributed by atoms with van der Waals surface area (Å²) in [4.78, 5) is 17.2. The molecular formula is C14H18F2N2O2. The van der Waals surface area contributed by atoms with Crippen LogP contribution in [0.15, 0.2) is 12.3 Å². The molecule has 0 unspecified atom stereocenters. The monoisotopic (exact) mass is 284 g/mol. The number of hydrogen-bond donors (Lipinski definition) is 1. The van der Waals surface area contributed by atoms with Gasteiger partial charge in [0.2, 0.25) is 0 Å². The zero-order chi connectivity index (χ0) is 15.1. The molecule has 1 aromatic rings. The Morgan fingerprint density at radius 1 is 1.40 bits per heavy atom. The highest BCUT2D eigenvalue weighted by Crippen LogP contribution is 2.38. The molecule has 0 radical (unpaired) electrons. The number of hydrogen-bond acceptors (Lipinski definition) is 3. The van der Waals surface area contributed by atoms with Crippen molar-refractivity contribution < 1.29 is 18.7 Å². The summed E-state index contributed by atoms with van der Waals surface area (Å²) in [6.45, 7) is 6.03. The Morgan fingerprint density at radius 2 is 2.05 bits per heavy atom. The fourth-order valence-electron chi connectivity index (χ4n) is 2.31. The van der Waals surface area contributed by atoms with E-state index in [0.717, 1.165) is 6.20 Å². The van der Waals surface area contributed by atoms with Crippen molar-refractivity contribution in [2.75, 3.05) is 13.1 Å². The topological polar surface area (TPSA) is 53.4 Å². The smallest absolute Gasteiger partial charge is 0.275 e. The van der Waals surface area contributed by atoms with E-state index in [0.29, 0.717) is 19.0 Å². The van der Waals surface area contributed by atoms with E-state index in [-0.39, 0.29) is 12.2 Å². The number of aromatic nitrogens is 1. The van der Waals surface area contributed by atoms with Gasteiger partial charge < -0.3 is 10.0 Å². The second kappa shape index (κ2) is 4.77. The summed E-state index contributed by atoms with van der Waals surface area (Å²) in [5, 5.41) is 10.3. The molecule has 6 heteroatoms. The number of aliphatic hydroxyl groups is 1. The number of halogens is 2. The number of piperidine rings is 1. The van der Waals surface area contributed by atoms with Crippen molar-refractivity contribution in [3.63, 3.8) is 0 Å². The van der Waals surface area contributed by atoms with E-state index in [1.54, 1.807) is 6.92 Å². The highest BCUT2D eigenvalue weighted by Gasteiger charge is 2.45. The second-order valence-corrected chi connectivity index (χ2v) is 6.12. The molecule has 1 amide bonds. The number of nitrogens with zero attached hydrogens (tertiary/aromatic N) is 2. The molecule has 1 N–H and O–H groups in total. The Balaban J connectivity index is 2.23. The van der Waals surface area contributed by atoms with Crippen molar-refractivity contribution in [3.8, 4) is 0 Å². The van der Waals surface area contributed by atoms with Gasteiger partial charge in [-0.1, -0.05) is 13.8 Å². The fraction of sp³-hybridized carbons (Fsp3) is 0.571. The lowest BCUT2D eigenvalue weighted by Gasteiger charge is -2.48. The Kier molecular flexibility index (Phi) is 3.54. The lowest BCUT2D eigenvalue weighted by molar-refractivity contribution is -0.0972.